The SMILES string of the molecule is COc1cc2nc(C)nc(N3CCC(CCP(=O)(O)O)CC3)c2cc1OC. The number of piperidine rings is 1. The Labute approximate surface area is 158 Å². The Balaban J connectivity index is 1.83. The van der Waals surface area contributed by atoms with E-state index in [0.717, 1.165) is 42.7 Å². The molecular weight excluding hydrogens is 369 g/mol. The second-order valence-corrected chi connectivity index (χ2v) is 8.70. The number of benzene rings is 1. The first kappa shape index (κ1) is 19.9. The van der Waals surface area contributed by atoms with Crippen LogP contribution in [0.15, 0.2) is 12.1 Å². The van der Waals surface area contributed by atoms with Crippen LogP contribution in [0.4, 0.5) is 5.82 Å². The second kappa shape index (κ2) is 8.00. The van der Waals surface area contributed by atoms with Crippen molar-refractivity contribution in [1.29, 1.82) is 0 Å². The fourth-order valence-corrected chi connectivity index (χ4v) is 4.28. The molecule has 148 valence electrons. The molecule has 1 aromatic heterocycles. The largest absolute Gasteiger partial charge is 0.493 e. The summed E-state index contributed by atoms with van der Waals surface area (Å²) in [4.78, 5) is 29.6. The molecule has 0 unspecified atom stereocenters. The number of rotatable bonds is 6. The second-order valence-electron chi connectivity index (χ2n) is 6.93. The zero-order chi connectivity index (χ0) is 19.6. The molecule has 0 spiro atoms. The molecule has 0 saturated carbocycles. The number of ether oxygens (including phenoxy) is 2. The summed E-state index contributed by atoms with van der Waals surface area (Å²) in [5.41, 5.74) is 0.804. The molecule has 0 radical (unpaired) electrons. The first-order valence-electron chi connectivity index (χ1n) is 9.00. The van der Waals surface area contributed by atoms with Crippen LogP contribution in [0.5, 0.6) is 11.5 Å². The fraction of sp³-hybridized carbons (Fsp3) is 0.556. The number of fused-ring (bicyclic) bond motifs is 1. The molecule has 8 nitrogen and oxygen atoms in total. The van der Waals surface area contributed by atoms with Gasteiger partial charge in [-0.05, 0) is 38.2 Å². The standard InChI is InChI=1S/C18H26N3O5P/c1-12-19-15-11-17(26-3)16(25-2)10-14(15)18(20-12)21-7-4-13(5-8-21)6-9-27(22,23)24/h10-11,13H,4-9H2,1-3H3,(H2,22,23,24). The monoisotopic (exact) mass is 395 g/mol. The molecule has 3 rings (SSSR count). The lowest BCUT2D eigenvalue weighted by Gasteiger charge is -2.33. The van der Waals surface area contributed by atoms with Crippen LogP contribution in [0, 0.1) is 12.8 Å². The highest BCUT2D eigenvalue weighted by molar-refractivity contribution is 7.51. The number of hydrogen-bond donors (Lipinski definition) is 2. The summed E-state index contributed by atoms with van der Waals surface area (Å²) in [5.74, 6) is 3.15. The van der Waals surface area contributed by atoms with Gasteiger partial charge in [0.25, 0.3) is 0 Å². The number of aryl methyl sites for hydroxylation is 1. The van der Waals surface area contributed by atoms with Crippen LogP contribution < -0.4 is 14.4 Å². The van der Waals surface area contributed by atoms with Gasteiger partial charge < -0.3 is 24.2 Å². The molecule has 0 bridgehead atoms. The maximum Gasteiger partial charge on any atom is 0.325 e. The van der Waals surface area contributed by atoms with Crippen molar-refractivity contribution in [1.82, 2.24) is 9.97 Å². The summed E-state index contributed by atoms with van der Waals surface area (Å²) in [6.07, 6.45) is 2.30. The van der Waals surface area contributed by atoms with E-state index in [9.17, 15) is 4.57 Å². The highest BCUT2D eigenvalue weighted by atomic mass is 31.2. The molecule has 1 aliphatic rings. The van der Waals surface area contributed by atoms with Crippen LogP contribution in [0.3, 0.4) is 0 Å². The van der Waals surface area contributed by atoms with Crippen molar-refractivity contribution >= 4 is 24.3 Å². The lowest BCUT2D eigenvalue weighted by molar-refractivity contribution is 0.350. The van der Waals surface area contributed by atoms with E-state index in [1.807, 2.05) is 19.1 Å². The maximum absolute atomic E-state index is 11.1. The van der Waals surface area contributed by atoms with Gasteiger partial charge in [0, 0.05) is 24.5 Å². The third-order valence-corrected chi connectivity index (χ3v) is 5.88. The molecule has 1 saturated heterocycles. The predicted molar refractivity (Wildman–Crippen MR) is 104 cm³/mol. The normalized spacial score (nSPS) is 16.0. The molecule has 2 heterocycles. The Kier molecular flexibility index (Phi) is 5.89. The van der Waals surface area contributed by atoms with Crippen LogP contribution in [0.1, 0.15) is 25.1 Å². The van der Waals surface area contributed by atoms with Crippen molar-refractivity contribution in [2.75, 3.05) is 38.4 Å². The van der Waals surface area contributed by atoms with Crippen molar-refractivity contribution in [3.05, 3.63) is 18.0 Å². The molecule has 0 atom stereocenters. The van der Waals surface area contributed by atoms with Crippen LogP contribution in [0.25, 0.3) is 10.9 Å². The summed E-state index contributed by atoms with van der Waals surface area (Å²) >= 11 is 0. The van der Waals surface area contributed by atoms with Gasteiger partial charge in [-0.2, -0.15) is 0 Å². The molecule has 27 heavy (non-hydrogen) atoms. The van der Waals surface area contributed by atoms with Crippen molar-refractivity contribution < 1.29 is 23.8 Å². The smallest absolute Gasteiger partial charge is 0.325 e. The quantitative estimate of drug-likeness (QED) is 0.720. The molecule has 1 fully saturated rings. The Morgan fingerprint density at radius 1 is 1.15 bits per heavy atom. The summed E-state index contributed by atoms with van der Waals surface area (Å²) in [7, 11) is -0.721. The Morgan fingerprint density at radius 3 is 2.37 bits per heavy atom. The van der Waals surface area contributed by atoms with E-state index in [0.29, 0.717) is 29.7 Å². The van der Waals surface area contributed by atoms with E-state index in [2.05, 4.69) is 14.9 Å². The van der Waals surface area contributed by atoms with Crippen LogP contribution in [0.2, 0.25) is 0 Å². The van der Waals surface area contributed by atoms with Crippen molar-refractivity contribution in [3.63, 3.8) is 0 Å². The Bertz CT molecular complexity index is 862. The maximum atomic E-state index is 11.1. The van der Waals surface area contributed by atoms with E-state index in [1.54, 1.807) is 14.2 Å². The van der Waals surface area contributed by atoms with Gasteiger partial charge in [-0.3, -0.25) is 4.57 Å². The van der Waals surface area contributed by atoms with Crippen molar-refractivity contribution in [3.8, 4) is 11.5 Å². The van der Waals surface area contributed by atoms with Gasteiger partial charge in [-0.1, -0.05) is 0 Å². The lowest BCUT2D eigenvalue weighted by atomic mass is 9.94. The zero-order valence-electron chi connectivity index (χ0n) is 15.9. The van der Waals surface area contributed by atoms with E-state index in [-0.39, 0.29) is 6.16 Å². The number of hydrogen-bond acceptors (Lipinski definition) is 6. The van der Waals surface area contributed by atoms with Crippen LogP contribution in [-0.2, 0) is 4.57 Å². The summed E-state index contributed by atoms with van der Waals surface area (Å²) < 4.78 is 21.9. The summed E-state index contributed by atoms with van der Waals surface area (Å²) in [6.45, 7) is 3.46. The van der Waals surface area contributed by atoms with Gasteiger partial charge in [0.1, 0.15) is 11.6 Å². The fourth-order valence-electron chi connectivity index (χ4n) is 3.58. The number of aromatic nitrogens is 2. The minimum atomic E-state index is -3.92. The highest BCUT2D eigenvalue weighted by Crippen LogP contribution is 2.39. The van der Waals surface area contributed by atoms with Gasteiger partial charge in [0.05, 0.1) is 25.9 Å². The van der Waals surface area contributed by atoms with Gasteiger partial charge in [-0.25, -0.2) is 9.97 Å². The summed E-state index contributed by atoms with van der Waals surface area (Å²) in [5, 5.41) is 0.909. The van der Waals surface area contributed by atoms with Gasteiger partial charge in [0.2, 0.25) is 0 Å². The van der Waals surface area contributed by atoms with Gasteiger partial charge in [0.15, 0.2) is 11.5 Å². The van der Waals surface area contributed by atoms with Crippen LogP contribution in [-0.4, -0.2) is 53.2 Å². The average Bonchev–Trinajstić information content (AvgIpc) is 2.64. The molecule has 2 aromatic rings. The topological polar surface area (TPSA) is 105 Å². The number of nitrogens with zero attached hydrogens (tertiary/aromatic N) is 3. The summed E-state index contributed by atoms with van der Waals surface area (Å²) in [6, 6.07) is 3.77. The Morgan fingerprint density at radius 2 is 1.78 bits per heavy atom. The minimum absolute atomic E-state index is 0.0375. The molecule has 9 heteroatoms. The van der Waals surface area contributed by atoms with E-state index >= 15 is 0 Å². The molecule has 0 amide bonds. The molecule has 0 aliphatic carbocycles. The van der Waals surface area contributed by atoms with E-state index in [4.69, 9.17) is 19.3 Å². The van der Waals surface area contributed by atoms with Gasteiger partial charge in [-0.15, -0.1) is 0 Å². The minimum Gasteiger partial charge on any atom is -0.493 e. The van der Waals surface area contributed by atoms with E-state index < -0.39 is 7.60 Å². The predicted octanol–water partition coefficient (Wildman–Crippen LogP) is 2.74. The first-order chi connectivity index (χ1) is 12.8. The van der Waals surface area contributed by atoms with Gasteiger partial charge >= 0.3 is 7.60 Å². The average molecular weight is 395 g/mol. The van der Waals surface area contributed by atoms with Crippen molar-refractivity contribution in [2.24, 2.45) is 5.92 Å². The number of anilines is 1. The highest BCUT2D eigenvalue weighted by Gasteiger charge is 2.25. The molecule has 1 aromatic carbocycles. The Hall–Kier alpha value is -1.89. The third kappa shape index (κ3) is 4.69. The van der Waals surface area contributed by atoms with E-state index in [1.165, 1.54) is 0 Å². The zero-order valence-corrected chi connectivity index (χ0v) is 16.8. The van der Waals surface area contributed by atoms with Crippen molar-refractivity contribution in [2.45, 2.75) is 26.2 Å². The molecule has 1 aliphatic heterocycles. The first-order valence-corrected chi connectivity index (χ1v) is 10.8. The molecule has 2 N–H and O–H groups in total. The number of methoxy groups -OCH3 is 2. The third-order valence-electron chi connectivity index (χ3n) is 5.04. The molecular formula is C18H26N3O5P. The van der Waals surface area contributed by atoms with Crippen LogP contribution >= 0.6 is 7.60 Å². The lowest BCUT2D eigenvalue weighted by Crippen LogP contribution is -2.34.